The third-order valence-corrected chi connectivity index (χ3v) is 2.47. The Bertz CT molecular complexity index is 664. The Morgan fingerprint density at radius 3 is 2.67 bits per heavy atom. The second-order valence-electron chi connectivity index (χ2n) is 3.34. The van der Waals surface area contributed by atoms with Crippen LogP contribution >= 0.6 is 11.6 Å². The lowest BCUT2D eigenvalue weighted by Gasteiger charge is -2.07. The van der Waals surface area contributed by atoms with Crippen molar-refractivity contribution in [3.05, 3.63) is 57.2 Å². The lowest BCUT2D eigenvalue weighted by atomic mass is 10.3. The third kappa shape index (κ3) is 2.10. The van der Waals surface area contributed by atoms with Gasteiger partial charge < -0.3 is 5.11 Å². The van der Waals surface area contributed by atoms with E-state index in [2.05, 4.69) is 5.10 Å². The number of aromatic carboxylic acids is 1. The molecule has 0 aliphatic heterocycles. The summed E-state index contributed by atoms with van der Waals surface area (Å²) in [6.45, 7) is 0. The molecule has 0 fully saturated rings. The average Bonchev–Trinajstić information content (AvgIpc) is 2.30. The van der Waals surface area contributed by atoms with Crippen LogP contribution in [-0.2, 0) is 0 Å². The standard InChI is InChI=1S/C11H6ClFN2O3/c12-6-2-1-3-7(13)10(6)15-9(16)5-4-8(14-15)11(17)18/h1-5H,(H,17,18). The van der Waals surface area contributed by atoms with Crippen LogP contribution in [0.5, 0.6) is 0 Å². The molecule has 2 rings (SSSR count). The maximum Gasteiger partial charge on any atom is 0.356 e. The van der Waals surface area contributed by atoms with E-state index >= 15 is 0 Å². The van der Waals surface area contributed by atoms with Crippen molar-refractivity contribution in [2.45, 2.75) is 0 Å². The highest BCUT2D eigenvalue weighted by Crippen LogP contribution is 2.21. The van der Waals surface area contributed by atoms with Gasteiger partial charge in [-0.1, -0.05) is 17.7 Å². The number of nitrogens with zero attached hydrogens (tertiary/aromatic N) is 2. The zero-order valence-corrected chi connectivity index (χ0v) is 9.56. The Morgan fingerprint density at radius 1 is 1.33 bits per heavy atom. The molecule has 0 amide bonds. The van der Waals surface area contributed by atoms with Crippen molar-refractivity contribution in [1.29, 1.82) is 0 Å². The van der Waals surface area contributed by atoms with E-state index in [1.807, 2.05) is 0 Å². The van der Waals surface area contributed by atoms with E-state index in [0.717, 1.165) is 18.2 Å². The number of carboxylic acids is 1. The van der Waals surface area contributed by atoms with Gasteiger partial charge in [-0.3, -0.25) is 4.79 Å². The van der Waals surface area contributed by atoms with Crippen LogP contribution in [0.1, 0.15) is 10.5 Å². The van der Waals surface area contributed by atoms with Crippen LogP contribution in [0.3, 0.4) is 0 Å². The molecule has 0 atom stereocenters. The fraction of sp³-hybridized carbons (Fsp3) is 0. The molecule has 92 valence electrons. The summed E-state index contributed by atoms with van der Waals surface area (Å²) in [5.74, 6) is -2.09. The Hall–Kier alpha value is -2.21. The summed E-state index contributed by atoms with van der Waals surface area (Å²) in [7, 11) is 0. The first-order chi connectivity index (χ1) is 8.50. The first-order valence-electron chi connectivity index (χ1n) is 4.79. The number of carbonyl (C=O) groups is 1. The van der Waals surface area contributed by atoms with Crippen molar-refractivity contribution in [3.63, 3.8) is 0 Å². The van der Waals surface area contributed by atoms with E-state index in [1.165, 1.54) is 12.1 Å². The molecule has 5 nitrogen and oxygen atoms in total. The van der Waals surface area contributed by atoms with Gasteiger partial charge in [0.05, 0.1) is 5.02 Å². The van der Waals surface area contributed by atoms with Gasteiger partial charge in [0.1, 0.15) is 5.69 Å². The summed E-state index contributed by atoms with van der Waals surface area (Å²) in [6, 6.07) is 5.87. The smallest absolute Gasteiger partial charge is 0.356 e. The Labute approximate surface area is 105 Å². The van der Waals surface area contributed by atoms with Crippen LogP contribution in [0.25, 0.3) is 5.69 Å². The minimum atomic E-state index is -1.32. The van der Waals surface area contributed by atoms with Gasteiger partial charge in [-0.15, -0.1) is 0 Å². The maximum absolute atomic E-state index is 13.6. The highest BCUT2D eigenvalue weighted by molar-refractivity contribution is 6.32. The van der Waals surface area contributed by atoms with Crippen molar-refractivity contribution >= 4 is 17.6 Å². The molecular formula is C11H6ClFN2O3. The number of benzene rings is 1. The van der Waals surface area contributed by atoms with Crippen molar-refractivity contribution in [2.24, 2.45) is 0 Å². The van der Waals surface area contributed by atoms with Crippen molar-refractivity contribution < 1.29 is 14.3 Å². The SMILES string of the molecule is O=C(O)c1ccc(=O)n(-c2c(F)cccc2Cl)n1. The molecule has 0 saturated carbocycles. The summed E-state index contributed by atoms with van der Waals surface area (Å²) in [6.07, 6.45) is 0. The Balaban J connectivity index is 2.75. The highest BCUT2D eigenvalue weighted by Gasteiger charge is 2.14. The zero-order valence-electron chi connectivity index (χ0n) is 8.80. The largest absolute Gasteiger partial charge is 0.476 e. The molecule has 0 unspecified atom stereocenters. The van der Waals surface area contributed by atoms with Gasteiger partial charge in [0.25, 0.3) is 5.56 Å². The normalized spacial score (nSPS) is 10.3. The van der Waals surface area contributed by atoms with E-state index in [9.17, 15) is 14.0 Å². The van der Waals surface area contributed by atoms with E-state index in [-0.39, 0.29) is 16.4 Å². The van der Waals surface area contributed by atoms with Crippen LogP contribution in [0.2, 0.25) is 5.02 Å². The van der Waals surface area contributed by atoms with Crippen LogP contribution in [-0.4, -0.2) is 20.9 Å². The molecular weight excluding hydrogens is 263 g/mol. The van der Waals surface area contributed by atoms with E-state index in [0.29, 0.717) is 4.68 Å². The first-order valence-corrected chi connectivity index (χ1v) is 5.16. The molecule has 0 saturated heterocycles. The second kappa shape index (κ2) is 4.58. The molecule has 1 heterocycles. The molecule has 0 aliphatic rings. The molecule has 0 radical (unpaired) electrons. The van der Waals surface area contributed by atoms with Crippen LogP contribution in [0.4, 0.5) is 4.39 Å². The Kier molecular flexibility index (Phi) is 3.12. The lowest BCUT2D eigenvalue weighted by Crippen LogP contribution is -2.23. The maximum atomic E-state index is 13.6. The lowest BCUT2D eigenvalue weighted by molar-refractivity contribution is 0.0688. The third-order valence-electron chi connectivity index (χ3n) is 2.17. The molecule has 0 aliphatic carbocycles. The van der Waals surface area contributed by atoms with Crippen LogP contribution < -0.4 is 5.56 Å². The molecule has 18 heavy (non-hydrogen) atoms. The van der Waals surface area contributed by atoms with Gasteiger partial charge in [0, 0.05) is 6.07 Å². The number of hydrogen-bond donors (Lipinski definition) is 1. The van der Waals surface area contributed by atoms with Gasteiger partial charge >= 0.3 is 5.97 Å². The first kappa shape index (κ1) is 12.3. The van der Waals surface area contributed by atoms with E-state index in [1.54, 1.807) is 0 Å². The summed E-state index contributed by atoms with van der Waals surface area (Å²) < 4.78 is 14.2. The van der Waals surface area contributed by atoms with Gasteiger partial charge in [-0.25, -0.2) is 9.18 Å². The van der Waals surface area contributed by atoms with Crippen LogP contribution in [0, 0.1) is 5.82 Å². The molecule has 7 heteroatoms. The summed E-state index contributed by atoms with van der Waals surface area (Å²) in [4.78, 5) is 22.3. The number of aromatic nitrogens is 2. The number of hydrogen-bond acceptors (Lipinski definition) is 3. The zero-order chi connectivity index (χ0) is 13.3. The predicted molar refractivity (Wildman–Crippen MR) is 61.8 cm³/mol. The molecule has 1 aromatic carbocycles. The molecule has 0 bridgehead atoms. The fourth-order valence-electron chi connectivity index (χ4n) is 1.38. The monoisotopic (exact) mass is 268 g/mol. The van der Waals surface area contributed by atoms with Crippen molar-refractivity contribution in [2.75, 3.05) is 0 Å². The highest BCUT2D eigenvalue weighted by atomic mass is 35.5. The summed E-state index contributed by atoms with van der Waals surface area (Å²) in [5.41, 5.74) is -1.33. The number of rotatable bonds is 2. The van der Waals surface area contributed by atoms with Crippen molar-refractivity contribution in [3.8, 4) is 5.69 Å². The van der Waals surface area contributed by atoms with Gasteiger partial charge in [0.15, 0.2) is 11.5 Å². The molecule has 0 spiro atoms. The minimum absolute atomic E-state index is 0.0351. The van der Waals surface area contributed by atoms with E-state index < -0.39 is 17.3 Å². The summed E-state index contributed by atoms with van der Waals surface area (Å²) in [5, 5.41) is 12.3. The van der Waals surface area contributed by atoms with E-state index in [4.69, 9.17) is 16.7 Å². The van der Waals surface area contributed by atoms with Crippen molar-refractivity contribution in [1.82, 2.24) is 9.78 Å². The second-order valence-corrected chi connectivity index (χ2v) is 3.75. The summed E-state index contributed by atoms with van der Waals surface area (Å²) >= 11 is 5.78. The number of para-hydroxylation sites is 1. The average molecular weight is 269 g/mol. The fourth-order valence-corrected chi connectivity index (χ4v) is 1.62. The quantitative estimate of drug-likeness (QED) is 0.900. The number of carboxylic acid groups (broad SMARTS) is 1. The van der Waals surface area contributed by atoms with Gasteiger partial charge in [-0.05, 0) is 18.2 Å². The van der Waals surface area contributed by atoms with Gasteiger partial charge in [-0.2, -0.15) is 9.78 Å². The van der Waals surface area contributed by atoms with Crippen LogP contribution in [0.15, 0.2) is 35.1 Å². The minimum Gasteiger partial charge on any atom is -0.476 e. The number of halogens is 2. The predicted octanol–water partition coefficient (Wildman–Crippen LogP) is 1.72. The van der Waals surface area contributed by atoms with Gasteiger partial charge in [0.2, 0.25) is 0 Å². The molecule has 2 aromatic rings. The molecule has 1 aromatic heterocycles. The molecule has 1 N–H and O–H groups in total. The Morgan fingerprint density at radius 2 is 2.06 bits per heavy atom. The topological polar surface area (TPSA) is 72.2 Å².